The molecule has 3 rings (SSSR count). The van der Waals surface area contributed by atoms with Gasteiger partial charge in [-0.05, 0) is 51.0 Å². The number of thioether (sulfide) groups is 1. The molecule has 2 unspecified atom stereocenters. The number of esters is 1. The molecular formula is C22H33N5O4S. The van der Waals surface area contributed by atoms with Crippen molar-refractivity contribution in [2.75, 3.05) is 43.4 Å². The van der Waals surface area contributed by atoms with E-state index in [1.807, 2.05) is 37.3 Å². The highest BCUT2D eigenvalue weighted by atomic mass is 32.2. The van der Waals surface area contributed by atoms with E-state index in [0.29, 0.717) is 18.8 Å². The zero-order valence-electron chi connectivity index (χ0n) is 18.4. The van der Waals surface area contributed by atoms with E-state index in [2.05, 4.69) is 10.6 Å². The summed E-state index contributed by atoms with van der Waals surface area (Å²) in [5.74, 6) is -1.72. The summed E-state index contributed by atoms with van der Waals surface area (Å²) < 4.78 is 5.01. The first-order chi connectivity index (χ1) is 15.5. The molecule has 2 aliphatic rings. The fourth-order valence-corrected chi connectivity index (χ4v) is 5.31. The lowest BCUT2D eigenvalue weighted by atomic mass is 10.1. The minimum atomic E-state index is -1.02. The maximum Gasteiger partial charge on any atom is 0.326 e. The molecular weight excluding hydrogens is 430 g/mol. The number of amides is 3. The van der Waals surface area contributed by atoms with Gasteiger partial charge in [0.2, 0.25) is 5.91 Å². The number of carbonyl (C=O) groups is 3. The number of carbonyl (C=O) groups excluding carboxylic acids is 3. The summed E-state index contributed by atoms with van der Waals surface area (Å²) >= 11 is 1.31. The average molecular weight is 464 g/mol. The summed E-state index contributed by atoms with van der Waals surface area (Å²) in [6.45, 7) is 6.05. The van der Waals surface area contributed by atoms with Crippen molar-refractivity contribution in [3.05, 3.63) is 24.3 Å². The smallest absolute Gasteiger partial charge is 0.326 e. The van der Waals surface area contributed by atoms with Crippen LogP contribution >= 0.6 is 11.8 Å². The first kappa shape index (κ1) is 23.7. The molecule has 0 radical (unpaired) electrons. The standard InChI is InChI=1S/C22H29N5O4S.2H2/c1-3-27-19(28)18(32-20(27)17(13-23)21(29)31-4-2)14-24-15-7-9-16(10-8-15)25-22(30)26-11-5-6-12-26;;/h7-10,17-18,20,24H,3-6,11-12,14H2,1-2H3,(H,25,30);2*1H/t17?,18?,20-;;/m0../s1. The normalized spacial score (nSPS) is 21.2. The number of nitriles is 1. The third-order valence-corrected chi connectivity index (χ3v) is 7.00. The topological polar surface area (TPSA) is 115 Å². The van der Waals surface area contributed by atoms with Crippen molar-refractivity contribution in [2.45, 2.75) is 37.3 Å². The maximum atomic E-state index is 12.8. The summed E-state index contributed by atoms with van der Waals surface area (Å²) in [4.78, 5) is 40.5. The Hall–Kier alpha value is -2.93. The number of urea groups is 1. The quantitative estimate of drug-likeness (QED) is 0.569. The zero-order chi connectivity index (χ0) is 23.1. The van der Waals surface area contributed by atoms with Crippen molar-refractivity contribution in [3.8, 4) is 6.07 Å². The van der Waals surface area contributed by atoms with Gasteiger partial charge in [-0.1, -0.05) is 0 Å². The van der Waals surface area contributed by atoms with Crippen molar-refractivity contribution in [2.24, 2.45) is 5.92 Å². The largest absolute Gasteiger partial charge is 0.465 e. The summed E-state index contributed by atoms with van der Waals surface area (Å²) in [7, 11) is 0. The predicted octanol–water partition coefficient (Wildman–Crippen LogP) is 3.21. The molecule has 0 spiro atoms. The first-order valence-corrected chi connectivity index (χ1v) is 11.8. The lowest BCUT2D eigenvalue weighted by molar-refractivity contribution is -0.147. The van der Waals surface area contributed by atoms with Crippen LogP contribution in [-0.2, 0) is 14.3 Å². The number of benzene rings is 1. The predicted molar refractivity (Wildman–Crippen MR) is 127 cm³/mol. The molecule has 1 aromatic rings. The lowest BCUT2D eigenvalue weighted by Crippen LogP contribution is -2.41. The Kier molecular flexibility index (Phi) is 8.22. The van der Waals surface area contributed by atoms with Gasteiger partial charge >= 0.3 is 12.0 Å². The van der Waals surface area contributed by atoms with E-state index in [1.54, 1.807) is 16.7 Å². The Balaban J connectivity index is 0.00000289. The number of rotatable bonds is 8. The molecule has 2 N–H and O–H groups in total. The molecule has 1 aromatic carbocycles. The molecule has 0 aromatic heterocycles. The number of ether oxygens (including phenoxy) is 1. The monoisotopic (exact) mass is 463 g/mol. The summed E-state index contributed by atoms with van der Waals surface area (Å²) in [5, 5.41) is 14.6. The Morgan fingerprint density at radius 2 is 1.91 bits per heavy atom. The van der Waals surface area contributed by atoms with E-state index in [-0.39, 0.29) is 21.4 Å². The van der Waals surface area contributed by atoms with Gasteiger partial charge in [0, 0.05) is 40.4 Å². The van der Waals surface area contributed by atoms with Gasteiger partial charge in [0.15, 0.2) is 5.92 Å². The maximum absolute atomic E-state index is 12.8. The molecule has 0 bridgehead atoms. The third-order valence-electron chi connectivity index (χ3n) is 5.50. The van der Waals surface area contributed by atoms with Crippen molar-refractivity contribution in [1.82, 2.24) is 9.80 Å². The Morgan fingerprint density at radius 3 is 2.50 bits per heavy atom. The van der Waals surface area contributed by atoms with Crippen LogP contribution in [0, 0.1) is 17.2 Å². The van der Waals surface area contributed by atoms with Gasteiger partial charge in [-0.15, -0.1) is 11.8 Å². The SMILES string of the molecule is CCOC(=O)C(C#N)[C@@H]1SC(CNc2ccc(NC(=O)N3CCCC3)cc2)C(=O)N1CC.[HH].[HH]. The van der Waals surface area contributed by atoms with Gasteiger partial charge in [-0.2, -0.15) is 5.26 Å². The van der Waals surface area contributed by atoms with Gasteiger partial charge in [-0.25, -0.2) is 4.79 Å². The van der Waals surface area contributed by atoms with E-state index >= 15 is 0 Å². The van der Waals surface area contributed by atoms with E-state index in [1.165, 1.54) is 11.8 Å². The minimum absolute atomic E-state index is 0. The summed E-state index contributed by atoms with van der Waals surface area (Å²) in [6.07, 6.45) is 2.08. The van der Waals surface area contributed by atoms with Crippen molar-refractivity contribution < 1.29 is 22.0 Å². The number of hydrogen-bond acceptors (Lipinski definition) is 7. The molecule has 2 aliphatic heterocycles. The second-order valence-corrected chi connectivity index (χ2v) is 8.91. The van der Waals surface area contributed by atoms with Gasteiger partial charge in [0.25, 0.3) is 0 Å². The van der Waals surface area contributed by atoms with Gasteiger partial charge in [0.1, 0.15) is 10.6 Å². The van der Waals surface area contributed by atoms with Crippen molar-refractivity contribution in [3.63, 3.8) is 0 Å². The van der Waals surface area contributed by atoms with Gasteiger partial charge in [0.05, 0.1) is 12.7 Å². The van der Waals surface area contributed by atoms with Crippen LogP contribution in [-0.4, -0.2) is 71.1 Å². The Bertz CT molecular complexity index is 877. The second kappa shape index (κ2) is 11.1. The molecule has 3 amide bonds. The van der Waals surface area contributed by atoms with E-state index in [4.69, 9.17) is 4.74 Å². The highest BCUT2D eigenvalue weighted by Crippen LogP contribution is 2.36. The van der Waals surface area contributed by atoms with Crippen LogP contribution in [0.3, 0.4) is 0 Å². The molecule has 2 heterocycles. The number of nitrogens with one attached hydrogen (secondary N) is 2. The van der Waals surface area contributed by atoms with Gasteiger partial charge < -0.3 is 25.2 Å². The van der Waals surface area contributed by atoms with Crippen LogP contribution in [0.5, 0.6) is 0 Å². The molecule has 2 saturated heterocycles. The fourth-order valence-electron chi connectivity index (χ4n) is 3.81. The molecule has 0 aliphatic carbocycles. The Morgan fingerprint density at radius 1 is 1.25 bits per heavy atom. The summed E-state index contributed by atoms with van der Waals surface area (Å²) in [5.41, 5.74) is 1.52. The molecule has 9 nitrogen and oxygen atoms in total. The van der Waals surface area contributed by atoms with Crippen molar-refractivity contribution >= 4 is 41.0 Å². The van der Waals surface area contributed by atoms with Crippen LogP contribution in [0.15, 0.2) is 24.3 Å². The van der Waals surface area contributed by atoms with E-state index in [0.717, 1.165) is 31.6 Å². The number of nitrogens with zero attached hydrogens (tertiary/aromatic N) is 3. The van der Waals surface area contributed by atoms with E-state index < -0.39 is 22.5 Å². The highest BCUT2D eigenvalue weighted by molar-refractivity contribution is 8.01. The van der Waals surface area contributed by atoms with Crippen LogP contribution in [0.1, 0.15) is 29.5 Å². The number of likely N-dealkylation sites (tertiary alicyclic amines) is 1. The minimum Gasteiger partial charge on any atom is -0.465 e. The number of anilines is 2. The van der Waals surface area contributed by atoms with Crippen LogP contribution in [0.25, 0.3) is 0 Å². The second-order valence-electron chi connectivity index (χ2n) is 7.58. The van der Waals surface area contributed by atoms with E-state index in [9.17, 15) is 19.6 Å². The zero-order valence-corrected chi connectivity index (χ0v) is 19.2. The molecule has 0 saturated carbocycles. The summed E-state index contributed by atoms with van der Waals surface area (Å²) in [6, 6.07) is 9.23. The van der Waals surface area contributed by atoms with Gasteiger partial charge in [-0.3, -0.25) is 9.59 Å². The molecule has 176 valence electrons. The average Bonchev–Trinajstić information content (AvgIpc) is 3.43. The third kappa shape index (κ3) is 5.46. The molecule has 2 fully saturated rings. The van der Waals surface area contributed by atoms with Crippen molar-refractivity contribution in [1.29, 1.82) is 5.26 Å². The highest BCUT2D eigenvalue weighted by Gasteiger charge is 2.46. The van der Waals surface area contributed by atoms with Crippen LogP contribution < -0.4 is 10.6 Å². The lowest BCUT2D eigenvalue weighted by Gasteiger charge is -2.24. The fraction of sp³-hybridized carbons (Fsp3) is 0.545. The van der Waals surface area contributed by atoms with Crippen LogP contribution in [0.2, 0.25) is 0 Å². The number of hydrogen-bond donors (Lipinski definition) is 2. The Labute approximate surface area is 195 Å². The first-order valence-electron chi connectivity index (χ1n) is 10.9. The molecule has 3 atom stereocenters. The molecule has 32 heavy (non-hydrogen) atoms. The van der Waals surface area contributed by atoms with Crippen LogP contribution in [0.4, 0.5) is 16.2 Å². The molecule has 10 heteroatoms.